The summed E-state index contributed by atoms with van der Waals surface area (Å²) < 4.78 is 10.5. The molecule has 0 aliphatic heterocycles. The minimum atomic E-state index is -1.06. The summed E-state index contributed by atoms with van der Waals surface area (Å²) in [4.78, 5) is 21.7. The summed E-state index contributed by atoms with van der Waals surface area (Å²) in [6, 6.07) is 1.50. The van der Waals surface area contributed by atoms with Crippen LogP contribution in [0.1, 0.15) is 11.1 Å². The van der Waals surface area contributed by atoms with E-state index in [1.54, 1.807) is 0 Å². The van der Waals surface area contributed by atoms with Crippen molar-refractivity contribution in [1.29, 1.82) is 0 Å². The van der Waals surface area contributed by atoms with E-state index in [2.05, 4.69) is 0 Å². The maximum Gasteiger partial charge on any atom is 0.307 e. The summed E-state index contributed by atoms with van der Waals surface area (Å²) >= 11 is 0. The molecule has 7 nitrogen and oxygen atoms in total. The topological polar surface area (TPSA) is 121 Å². The zero-order valence-electron chi connectivity index (χ0n) is 10.6. The molecule has 0 aliphatic rings. The van der Waals surface area contributed by atoms with Crippen LogP contribution >= 0.6 is 0 Å². The van der Waals surface area contributed by atoms with E-state index < -0.39 is 11.9 Å². The molecule has 3 aromatic rings. The number of furan rings is 2. The van der Waals surface area contributed by atoms with Gasteiger partial charge in [0.25, 0.3) is 0 Å². The molecule has 0 amide bonds. The Morgan fingerprint density at radius 2 is 1.33 bits per heavy atom. The molecular formula is C14H10O7. The molecule has 3 rings (SSSR count). The molecule has 0 unspecified atom stereocenters. The number of carboxylic acid groups (broad SMARTS) is 2. The molecular weight excluding hydrogens is 280 g/mol. The normalized spacial score (nSPS) is 11.2. The highest BCUT2D eigenvalue weighted by atomic mass is 16.4. The molecule has 0 bridgehead atoms. The Balaban J connectivity index is 2.28. The largest absolute Gasteiger partial charge is 0.506 e. The van der Waals surface area contributed by atoms with Crippen molar-refractivity contribution in [2.24, 2.45) is 0 Å². The molecule has 0 spiro atoms. The second kappa shape index (κ2) is 4.55. The number of rotatable bonds is 4. The number of fused-ring (bicyclic) bond motifs is 2. The van der Waals surface area contributed by atoms with Crippen molar-refractivity contribution in [3.05, 3.63) is 29.7 Å². The van der Waals surface area contributed by atoms with Gasteiger partial charge in [0.05, 0.1) is 36.1 Å². The van der Waals surface area contributed by atoms with Crippen LogP contribution in [0.25, 0.3) is 21.9 Å². The number of hydrogen-bond acceptors (Lipinski definition) is 5. The van der Waals surface area contributed by atoms with Gasteiger partial charge in [-0.2, -0.15) is 0 Å². The number of benzene rings is 1. The molecule has 0 fully saturated rings. The first-order valence-electron chi connectivity index (χ1n) is 6.03. The van der Waals surface area contributed by atoms with E-state index in [0.29, 0.717) is 11.1 Å². The zero-order valence-corrected chi connectivity index (χ0v) is 10.6. The van der Waals surface area contributed by atoms with Gasteiger partial charge in [-0.05, 0) is 0 Å². The van der Waals surface area contributed by atoms with Crippen molar-refractivity contribution < 1.29 is 33.7 Å². The van der Waals surface area contributed by atoms with E-state index >= 15 is 0 Å². The van der Waals surface area contributed by atoms with Gasteiger partial charge in [-0.25, -0.2) is 0 Å². The zero-order chi connectivity index (χ0) is 15.1. The third-order valence-electron chi connectivity index (χ3n) is 3.21. The van der Waals surface area contributed by atoms with Gasteiger partial charge in [-0.3, -0.25) is 9.59 Å². The summed E-state index contributed by atoms with van der Waals surface area (Å²) in [5, 5.41) is 28.6. The van der Waals surface area contributed by atoms with Crippen molar-refractivity contribution in [1.82, 2.24) is 0 Å². The summed E-state index contributed by atoms with van der Waals surface area (Å²) in [6.07, 6.45) is 1.90. The smallest absolute Gasteiger partial charge is 0.307 e. The van der Waals surface area contributed by atoms with Crippen molar-refractivity contribution in [3.8, 4) is 5.75 Å². The van der Waals surface area contributed by atoms with Gasteiger partial charge >= 0.3 is 11.9 Å². The van der Waals surface area contributed by atoms with E-state index in [1.807, 2.05) is 0 Å². The number of phenols is 1. The van der Waals surface area contributed by atoms with Crippen LogP contribution in [0.15, 0.2) is 27.4 Å². The number of aromatic hydroxyl groups is 1. The fraction of sp³-hybridized carbons (Fsp3) is 0.143. The average Bonchev–Trinajstić information content (AvgIpc) is 2.94. The van der Waals surface area contributed by atoms with Crippen molar-refractivity contribution in [2.45, 2.75) is 12.8 Å². The lowest BCUT2D eigenvalue weighted by molar-refractivity contribution is -0.137. The van der Waals surface area contributed by atoms with Crippen molar-refractivity contribution in [2.75, 3.05) is 0 Å². The lowest BCUT2D eigenvalue weighted by Crippen LogP contribution is -2.00. The minimum absolute atomic E-state index is 0.225. The van der Waals surface area contributed by atoms with Crippen molar-refractivity contribution >= 4 is 33.9 Å². The lowest BCUT2D eigenvalue weighted by atomic mass is 10.0. The van der Waals surface area contributed by atoms with E-state index in [4.69, 9.17) is 19.0 Å². The monoisotopic (exact) mass is 290 g/mol. The quantitative estimate of drug-likeness (QED) is 0.672. The van der Waals surface area contributed by atoms with Crippen LogP contribution in [-0.2, 0) is 22.4 Å². The summed E-state index contributed by atoms with van der Waals surface area (Å²) in [5.74, 6) is -2.34. The van der Waals surface area contributed by atoms with Gasteiger partial charge in [0.2, 0.25) is 0 Å². The molecule has 0 radical (unpaired) electrons. The summed E-state index contributed by atoms with van der Waals surface area (Å²) in [6.45, 7) is 0. The molecule has 2 heterocycles. The highest BCUT2D eigenvalue weighted by molar-refractivity contribution is 6.05. The number of phenolic OH excluding ortho intramolecular Hbond substituents is 1. The van der Waals surface area contributed by atoms with Crippen LogP contribution < -0.4 is 0 Å². The second-order valence-corrected chi connectivity index (χ2v) is 4.63. The molecule has 0 saturated heterocycles. The summed E-state index contributed by atoms with van der Waals surface area (Å²) in [5.41, 5.74) is 1.21. The van der Waals surface area contributed by atoms with Gasteiger partial charge in [0, 0.05) is 17.2 Å². The van der Waals surface area contributed by atoms with Crippen LogP contribution in [0.5, 0.6) is 5.75 Å². The van der Waals surface area contributed by atoms with E-state index in [1.165, 1.54) is 18.6 Å². The highest BCUT2D eigenvalue weighted by Gasteiger charge is 2.20. The van der Waals surface area contributed by atoms with E-state index in [0.717, 1.165) is 0 Å². The first-order valence-corrected chi connectivity index (χ1v) is 6.03. The maximum absolute atomic E-state index is 10.8. The molecule has 0 saturated carbocycles. The van der Waals surface area contributed by atoms with Crippen LogP contribution in [0.4, 0.5) is 0 Å². The lowest BCUT2D eigenvalue weighted by Gasteiger charge is -2.01. The fourth-order valence-corrected chi connectivity index (χ4v) is 2.40. The molecule has 7 heteroatoms. The Hall–Kier alpha value is -2.96. The molecule has 3 N–H and O–H groups in total. The van der Waals surface area contributed by atoms with E-state index in [9.17, 15) is 14.7 Å². The number of carbonyl (C=O) groups is 2. The SMILES string of the molecule is O=C(O)Cc1coc2cc3occ(CC(=O)O)c3c(O)c12. The molecule has 1 aromatic carbocycles. The van der Waals surface area contributed by atoms with Crippen LogP contribution in [-0.4, -0.2) is 27.3 Å². The van der Waals surface area contributed by atoms with Crippen molar-refractivity contribution in [3.63, 3.8) is 0 Å². The Labute approximate surface area is 117 Å². The fourth-order valence-electron chi connectivity index (χ4n) is 2.40. The molecule has 2 aromatic heterocycles. The molecule has 0 atom stereocenters. The van der Waals surface area contributed by atoms with Crippen LogP contribution in [0, 0.1) is 0 Å². The van der Waals surface area contributed by atoms with Gasteiger partial charge in [-0.1, -0.05) is 0 Å². The van der Waals surface area contributed by atoms with Gasteiger partial charge in [-0.15, -0.1) is 0 Å². The minimum Gasteiger partial charge on any atom is -0.506 e. The predicted octanol–water partition coefficient (Wildman–Crippen LogP) is 2.14. The van der Waals surface area contributed by atoms with Gasteiger partial charge in [0.15, 0.2) is 0 Å². The Morgan fingerprint density at radius 1 is 0.905 bits per heavy atom. The van der Waals surface area contributed by atoms with Gasteiger partial charge < -0.3 is 24.2 Å². The van der Waals surface area contributed by atoms with Crippen LogP contribution in [0.3, 0.4) is 0 Å². The second-order valence-electron chi connectivity index (χ2n) is 4.63. The van der Waals surface area contributed by atoms with Crippen LogP contribution in [0.2, 0.25) is 0 Å². The van der Waals surface area contributed by atoms with E-state index in [-0.39, 0.29) is 40.5 Å². The maximum atomic E-state index is 10.8. The Kier molecular flexibility index (Phi) is 2.83. The number of aliphatic carboxylic acids is 2. The van der Waals surface area contributed by atoms with Gasteiger partial charge in [0.1, 0.15) is 16.9 Å². The Morgan fingerprint density at radius 3 is 1.71 bits per heavy atom. The molecule has 21 heavy (non-hydrogen) atoms. The molecule has 0 aliphatic carbocycles. The molecule has 108 valence electrons. The third-order valence-corrected chi connectivity index (χ3v) is 3.21. The number of hydrogen-bond donors (Lipinski definition) is 3. The first-order chi connectivity index (χ1) is 9.97. The standard InChI is InChI=1S/C14H10O7/c15-10(16)1-6-4-20-8-3-9-13(14(19)12(6)8)7(5-21-9)2-11(17)18/h3-5,19H,1-2H2,(H,15,16)(H,17,18). The third kappa shape index (κ3) is 2.08. The average molecular weight is 290 g/mol. The predicted molar refractivity (Wildman–Crippen MR) is 70.3 cm³/mol. The highest BCUT2D eigenvalue weighted by Crippen LogP contribution is 2.40. The Bertz CT molecular complexity index is 800. The number of carboxylic acids is 2. The summed E-state index contributed by atoms with van der Waals surface area (Å²) in [7, 11) is 0. The first kappa shape index (κ1) is 13.0.